The van der Waals surface area contributed by atoms with Gasteiger partial charge in [-0.3, -0.25) is 0 Å². The molecule has 4 nitrogen and oxygen atoms in total. The highest BCUT2D eigenvalue weighted by atomic mass is 16.5. The molecule has 0 amide bonds. The second-order valence-corrected chi connectivity index (χ2v) is 5.94. The Hall–Kier alpha value is -3.40. The van der Waals surface area contributed by atoms with Gasteiger partial charge in [-0.15, -0.1) is 0 Å². The topological polar surface area (TPSA) is 48.4 Å². The second kappa shape index (κ2) is 6.84. The van der Waals surface area contributed by atoms with E-state index in [1.165, 1.54) is 12.5 Å². The fourth-order valence-electron chi connectivity index (χ4n) is 3.05. The van der Waals surface area contributed by atoms with Crippen molar-refractivity contribution in [3.05, 3.63) is 84.1 Å². The molecule has 1 heterocycles. The van der Waals surface area contributed by atoms with E-state index < -0.39 is 5.97 Å². The predicted octanol–water partition coefficient (Wildman–Crippen LogP) is 4.75. The third kappa shape index (κ3) is 2.97. The number of nitrogens with zero attached hydrogens (tertiary/aromatic N) is 1. The van der Waals surface area contributed by atoms with E-state index in [1.54, 1.807) is 6.07 Å². The molecule has 0 aliphatic heterocycles. The molecule has 0 unspecified atom stereocenters. The van der Waals surface area contributed by atoms with Crippen LogP contribution < -0.4 is 4.74 Å². The molecule has 4 heteroatoms. The van der Waals surface area contributed by atoms with E-state index in [9.17, 15) is 4.79 Å². The molecule has 1 aromatic heterocycles. The number of ether oxygens (including phenoxy) is 2. The van der Waals surface area contributed by atoms with Crippen LogP contribution in [0.4, 0.5) is 0 Å². The van der Waals surface area contributed by atoms with Gasteiger partial charge in [0.15, 0.2) is 5.69 Å². The summed E-state index contributed by atoms with van der Waals surface area (Å²) in [6, 6.07) is 23.6. The van der Waals surface area contributed by atoms with Gasteiger partial charge in [-0.25, -0.2) is 9.78 Å². The van der Waals surface area contributed by atoms with E-state index >= 15 is 0 Å². The van der Waals surface area contributed by atoms with Crippen LogP contribution in [0.1, 0.15) is 16.1 Å². The molecule has 26 heavy (non-hydrogen) atoms. The van der Waals surface area contributed by atoms with Crippen molar-refractivity contribution in [1.82, 2.24) is 4.98 Å². The number of aromatic nitrogens is 1. The molecule has 0 aliphatic carbocycles. The van der Waals surface area contributed by atoms with Crippen LogP contribution in [0.3, 0.4) is 0 Å². The van der Waals surface area contributed by atoms with Crippen LogP contribution in [-0.2, 0) is 11.3 Å². The van der Waals surface area contributed by atoms with Crippen molar-refractivity contribution >= 4 is 27.6 Å². The first-order chi connectivity index (χ1) is 12.8. The summed E-state index contributed by atoms with van der Waals surface area (Å²) < 4.78 is 10.9. The number of hydrogen-bond acceptors (Lipinski definition) is 4. The first kappa shape index (κ1) is 16.1. The Kier molecular flexibility index (Phi) is 4.23. The molecule has 0 spiro atoms. The van der Waals surface area contributed by atoms with Crippen molar-refractivity contribution in [3.8, 4) is 5.75 Å². The summed E-state index contributed by atoms with van der Waals surface area (Å²) in [7, 11) is 1.34. The quantitative estimate of drug-likeness (QED) is 0.502. The minimum atomic E-state index is -0.481. The average Bonchev–Trinajstić information content (AvgIpc) is 2.71. The zero-order valence-corrected chi connectivity index (χ0v) is 14.3. The van der Waals surface area contributed by atoms with Crippen LogP contribution in [0.2, 0.25) is 0 Å². The van der Waals surface area contributed by atoms with E-state index in [4.69, 9.17) is 9.47 Å². The largest absolute Gasteiger partial charge is 0.488 e. The first-order valence-corrected chi connectivity index (χ1v) is 8.34. The van der Waals surface area contributed by atoms with Crippen LogP contribution in [0.15, 0.2) is 72.8 Å². The average molecular weight is 343 g/mol. The van der Waals surface area contributed by atoms with Crippen molar-refractivity contribution in [3.63, 3.8) is 0 Å². The number of methoxy groups -OCH3 is 1. The highest BCUT2D eigenvalue weighted by Crippen LogP contribution is 2.27. The van der Waals surface area contributed by atoms with Crippen LogP contribution in [0.25, 0.3) is 21.7 Å². The Bertz CT molecular complexity index is 1100. The molecular formula is C22H17NO3. The molecule has 0 saturated carbocycles. The van der Waals surface area contributed by atoms with Crippen molar-refractivity contribution in [2.75, 3.05) is 7.11 Å². The van der Waals surface area contributed by atoms with Crippen LogP contribution in [0.5, 0.6) is 5.75 Å². The lowest BCUT2D eigenvalue weighted by Crippen LogP contribution is -2.06. The zero-order valence-electron chi connectivity index (χ0n) is 14.3. The summed E-state index contributed by atoms with van der Waals surface area (Å²) in [5.74, 6) is 0.134. The van der Waals surface area contributed by atoms with Crippen molar-refractivity contribution in [1.29, 1.82) is 0 Å². The molecule has 0 bridgehead atoms. The van der Waals surface area contributed by atoms with Gasteiger partial charge in [0.25, 0.3) is 0 Å². The lowest BCUT2D eigenvalue weighted by atomic mass is 10.1. The maximum atomic E-state index is 11.9. The number of pyridine rings is 1. The number of para-hydroxylation sites is 1. The van der Waals surface area contributed by atoms with Gasteiger partial charge >= 0.3 is 5.97 Å². The zero-order chi connectivity index (χ0) is 17.9. The molecule has 4 rings (SSSR count). The maximum Gasteiger partial charge on any atom is 0.356 e. The Morgan fingerprint density at radius 3 is 2.50 bits per heavy atom. The smallest absolute Gasteiger partial charge is 0.356 e. The highest BCUT2D eigenvalue weighted by Gasteiger charge is 2.13. The first-order valence-electron chi connectivity index (χ1n) is 8.34. The third-order valence-corrected chi connectivity index (χ3v) is 4.34. The standard InChI is InChI=1S/C22H17NO3/c1-25-22(24)20-13-21(18-11-4-5-12-19(18)23-20)26-14-16-9-6-8-15-7-2-3-10-17(15)16/h2-13H,14H2,1H3. The van der Waals surface area contributed by atoms with E-state index in [0.717, 1.165) is 16.3 Å². The van der Waals surface area contributed by atoms with Crippen molar-refractivity contribution in [2.45, 2.75) is 6.61 Å². The number of hydrogen-bond donors (Lipinski definition) is 0. The lowest BCUT2D eigenvalue weighted by molar-refractivity contribution is 0.0594. The fourth-order valence-corrected chi connectivity index (χ4v) is 3.05. The summed E-state index contributed by atoms with van der Waals surface area (Å²) in [4.78, 5) is 16.3. The molecule has 0 N–H and O–H groups in total. The highest BCUT2D eigenvalue weighted by molar-refractivity contribution is 5.94. The van der Waals surface area contributed by atoms with Crippen LogP contribution in [-0.4, -0.2) is 18.1 Å². The van der Waals surface area contributed by atoms with E-state index in [0.29, 0.717) is 17.9 Å². The fraction of sp³-hybridized carbons (Fsp3) is 0.0909. The minimum absolute atomic E-state index is 0.235. The van der Waals surface area contributed by atoms with E-state index in [-0.39, 0.29) is 5.69 Å². The minimum Gasteiger partial charge on any atom is -0.488 e. The molecule has 3 aromatic carbocycles. The van der Waals surface area contributed by atoms with Gasteiger partial charge in [0.1, 0.15) is 12.4 Å². The number of fused-ring (bicyclic) bond motifs is 2. The van der Waals surface area contributed by atoms with Crippen molar-refractivity contribution < 1.29 is 14.3 Å². The molecule has 0 saturated heterocycles. The summed E-state index contributed by atoms with van der Waals surface area (Å²) in [5.41, 5.74) is 2.02. The Morgan fingerprint density at radius 2 is 1.65 bits per heavy atom. The number of esters is 1. The normalized spacial score (nSPS) is 10.8. The Labute approximate surface area is 151 Å². The lowest BCUT2D eigenvalue weighted by Gasteiger charge is -2.12. The maximum absolute atomic E-state index is 11.9. The molecular weight excluding hydrogens is 326 g/mol. The summed E-state index contributed by atoms with van der Waals surface area (Å²) >= 11 is 0. The van der Waals surface area contributed by atoms with Gasteiger partial charge in [-0.2, -0.15) is 0 Å². The summed E-state index contributed by atoms with van der Waals surface area (Å²) in [5, 5.41) is 3.19. The Balaban J connectivity index is 1.73. The van der Waals surface area contributed by atoms with E-state index in [1.807, 2.05) is 48.5 Å². The molecule has 4 aromatic rings. The molecule has 128 valence electrons. The Morgan fingerprint density at radius 1 is 0.923 bits per heavy atom. The van der Waals surface area contributed by atoms with Crippen LogP contribution >= 0.6 is 0 Å². The summed E-state index contributed by atoms with van der Waals surface area (Å²) in [6.07, 6.45) is 0. The van der Waals surface area contributed by atoms with E-state index in [2.05, 4.69) is 23.2 Å². The molecule has 0 atom stereocenters. The van der Waals surface area contributed by atoms with Gasteiger partial charge in [0, 0.05) is 11.5 Å². The molecule has 0 fully saturated rings. The van der Waals surface area contributed by atoms with Crippen LogP contribution in [0, 0.1) is 0 Å². The predicted molar refractivity (Wildman–Crippen MR) is 101 cm³/mol. The van der Waals surface area contributed by atoms with Gasteiger partial charge < -0.3 is 9.47 Å². The van der Waals surface area contributed by atoms with Gasteiger partial charge in [0.2, 0.25) is 0 Å². The second-order valence-electron chi connectivity index (χ2n) is 5.94. The van der Waals surface area contributed by atoms with Crippen molar-refractivity contribution in [2.24, 2.45) is 0 Å². The molecule has 0 radical (unpaired) electrons. The van der Waals surface area contributed by atoms with Gasteiger partial charge in [0.05, 0.1) is 12.6 Å². The summed E-state index contributed by atoms with van der Waals surface area (Å²) in [6.45, 7) is 0.399. The number of carbonyl (C=O) groups is 1. The van der Waals surface area contributed by atoms with Gasteiger partial charge in [-0.1, -0.05) is 54.6 Å². The SMILES string of the molecule is COC(=O)c1cc(OCc2cccc3ccccc23)c2ccccc2n1. The number of carbonyl (C=O) groups excluding carboxylic acids is 1. The molecule has 0 aliphatic rings. The third-order valence-electron chi connectivity index (χ3n) is 4.34. The number of benzene rings is 3. The van der Waals surface area contributed by atoms with Gasteiger partial charge in [-0.05, 0) is 28.5 Å². The number of rotatable bonds is 4. The monoisotopic (exact) mass is 343 g/mol.